The molecule has 1 heterocycles. The van der Waals surface area contributed by atoms with Crippen molar-refractivity contribution in [1.29, 1.82) is 0 Å². The zero-order chi connectivity index (χ0) is 36.7. The monoisotopic (exact) mass is 713 g/mol. The summed E-state index contributed by atoms with van der Waals surface area (Å²) < 4.78 is 64.6. The number of halogens is 1. The molecule has 1 aliphatic rings. The highest BCUT2D eigenvalue weighted by molar-refractivity contribution is 7.89. The Bertz CT molecular complexity index is 1740. The van der Waals surface area contributed by atoms with Gasteiger partial charge in [-0.25, -0.2) is 22.4 Å². The molecule has 14 heteroatoms. The van der Waals surface area contributed by atoms with Gasteiger partial charge < -0.3 is 29.2 Å². The summed E-state index contributed by atoms with van der Waals surface area (Å²) in [5.41, 5.74) is -0.646. The summed E-state index contributed by atoms with van der Waals surface area (Å²) in [5.74, 6) is -1.37. The van der Waals surface area contributed by atoms with E-state index in [1.165, 1.54) is 47.6 Å². The van der Waals surface area contributed by atoms with Gasteiger partial charge in [0.15, 0.2) is 5.60 Å². The molecule has 50 heavy (non-hydrogen) atoms. The van der Waals surface area contributed by atoms with Crippen molar-refractivity contribution in [2.45, 2.75) is 56.9 Å². The van der Waals surface area contributed by atoms with E-state index < -0.39 is 57.2 Å². The predicted molar refractivity (Wildman–Crippen MR) is 182 cm³/mol. The van der Waals surface area contributed by atoms with Crippen molar-refractivity contribution in [3.8, 4) is 5.75 Å². The summed E-state index contributed by atoms with van der Waals surface area (Å²) in [6, 6.07) is 19.5. The van der Waals surface area contributed by atoms with Crippen molar-refractivity contribution in [3.05, 3.63) is 95.8 Å². The Morgan fingerprint density at radius 1 is 0.960 bits per heavy atom. The molecule has 0 aromatic heterocycles. The summed E-state index contributed by atoms with van der Waals surface area (Å²) >= 11 is 0. The van der Waals surface area contributed by atoms with E-state index >= 15 is 0 Å². The predicted octanol–water partition coefficient (Wildman–Crippen LogP) is 4.48. The van der Waals surface area contributed by atoms with Gasteiger partial charge in [0.05, 0.1) is 23.4 Å². The SMILES string of the molecule is CC(OC(=O)NC(Cc1cccc(S(=O)(=O)N2CC(Oc3ccc(F)cc3)(c3ccccc3)C2)c1)C(=O)OCCN(C)C)OC(=O)C(C)(C)C. The molecule has 3 aromatic carbocycles. The minimum atomic E-state index is -4.03. The molecule has 1 N–H and O–H groups in total. The number of rotatable bonds is 14. The van der Waals surface area contributed by atoms with Gasteiger partial charge in [-0.15, -0.1) is 0 Å². The average Bonchev–Trinajstić information content (AvgIpc) is 3.03. The minimum Gasteiger partial charge on any atom is -0.480 e. The number of ether oxygens (including phenoxy) is 4. The molecule has 1 saturated heterocycles. The van der Waals surface area contributed by atoms with Crippen LogP contribution in [0.4, 0.5) is 9.18 Å². The number of benzene rings is 3. The van der Waals surface area contributed by atoms with Gasteiger partial charge in [0.2, 0.25) is 16.3 Å². The molecule has 1 aliphatic heterocycles. The van der Waals surface area contributed by atoms with Crippen molar-refractivity contribution < 1.29 is 46.1 Å². The lowest BCUT2D eigenvalue weighted by Crippen LogP contribution is -2.64. The largest absolute Gasteiger partial charge is 0.480 e. The first kappa shape index (κ1) is 38.3. The lowest BCUT2D eigenvalue weighted by molar-refractivity contribution is -0.174. The molecular weight excluding hydrogens is 669 g/mol. The van der Waals surface area contributed by atoms with Gasteiger partial charge in [-0.05, 0) is 82.4 Å². The van der Waals surface area contributed by atoms with Crippen molar-refractivity contribution in [1.82, 2.24) is 14.5 Å². The zero-order valence-electron chi connectivity index (χ0n) is 29.1. The van der Waals surface area contributed by atoms with Crippen LogP contribution in [0.3, 0.4) is 0 Å². The molecular formula is C36H44FN3O9S. The fraction of sp³-hybridized carbons (Fsp3) is 0.417. The molecule has 270 valence electrons. The third kappa shape index (κ3) is 10.0. The molecule has 3 aromatic rings. The molecule has 12 nitrogen and oxygen atoms in total. The molecule has 0 bridgehead atoms. The second-order valence-electron chi connectivity index (χ2n) is 13.3. The maximum Gasteiger partial charge on any atom is 0.410 e. The van der Waals surface area contributed by atoms with Gasteiger partial charge in [0.1, 0.15) is 24.2 Å². The van der Waals surface area contributed by atoms with Gasteiger partial charge in [-0.2, -0.15) is 4.31 Å². The molecule has 0 aliphatic carbocycles. The smallest absolute Gasteiger partial charge is 0.410 e. The van der Waals surface area contributed by atoms with Crippen molar-refractivity contribution >= 4 is 28.1 Å². The number of amides is 1. The van der Waals surface area contributed by atoms with E-state index in [0.29, 0.717) is 17.9 Å². The fourth-order valence-corrected chi connectivity index (χ4v) is 6.59. The van der Waals surface area contributed by atoms with Gasteiger partial charge in [0.25, 0.3) is 0 Å². The number of sulfonamides is 1. The number of alkyl carbamates (subject to hydrolysis) is 1. The lowest BCUT2D eigenvalue weighted by atomic mass is 9.87. The number of esters is 2. The van der Waals surface area contributed by atoms with Crippen molar-refractivity contribution in [2.24, 2.45) is 5.41 Å². The van der Waals surface area contributed by atoms with Gasteiger partial charge in [0, 0.05) is 19.9 Å². The first-order valence-electron chi connectivity index (χ1n) is 16.1. The van der Waals surface area contributed by atoms with Crippen LogP contribution < -0.4 is 10.1 Å². The summed E-state index contributed by atoms with van der Waals surface area (Å²) in [6.45, 7) is 6.79. The van der Waals surface area contributed by atoms with E-state index in [1.54, 1.807) is 32.9 Å². The van der Waals surface area contributed by atoms with Gasteiger partial charge in [-0.1, -0.05) is 42.5 Å². The number of nitrogens with one attached hydrogen (secondary N) is 1. The van der Waals surface area contributed by atoms with Gasteiger partial charge in [-0.3, -0.25) is 4.79 Å². The number of carbonyl (C=O) groups is 3. The van der Waals surface area contributed by atoms with Gasteiger partial charge >= 0.3 is 18.0 Å². The van der Waals surface area contributed by atoms with Crippen LogP contribution in [0, 0.1) is 11.2 Å². The van der Waals surface area contributed by atoms with Crippen LogP contribution in [0.1, 0.15) is 38.8 Å². The van der Waals surface area contributed by atoms with Crippen LogP contribution in [0.25, 0.3) is 0 Å². The summed E-state index contributed by atoms with van der Waals surface area (Å²) in [6.07, 6.45) is -2.40. The number of likely N-dealkylation sites (N-methyl/N-ethyl adjacent to an activating group) is 1. The molecule has 0 radical (unpaired) electrons. The van der Waals surface area contributed by atoms with Crippen LogP contribution in [0.15, 0.2) is 83.8 Å². The Morgan fingerprint density at radius 3 is 2.24 bits per heavy atom. The summed E-state index contributed by atoms with van der Waals surface area (Å²) in [4.78, 5) is 39.9. The van der Waals surface area contributed by atoms with Crippen LogP contribution in [-0.2, 0) is 45.8 Å². The van der Waals surface area contributed by atoms with E-state index in [1.807, 2.05) is 49.3 Å². The molecule has 1 fully saturated rings. The number of hydrogen-bond donors (Lipinski definition) is 1. The molecule has 2 atom stereocenters. The first-order valence-corrected chi connectivity index (χ1v) is 17.5. The van der Waals surface area contributed by atoms with Crippen LogP contribution in [0.2, 0.25) is 0 Å². The Balaban J connectivity index is 1.50. The fourth-order valence-electron chi connectivity index (χ4n) is 4.99. The topological polar surface area (TPSA) is 141 Å². The number of carbonyl (C=O) groups excluding carboxylic acids is 3. The number of hydrogen-bond acceptors (Lipinski definition) is 10. The highest BCUT2D eigenvalue weighted by Crippen LogP contribution is 2.40. The number of nitrogens with zero attached hydrogens (tertiary/aromatic N) is 2. The highest BCUT2D eigenvalue weighted by Gasteiger charge is 2.52. The Hall–Kier alpha value is -4.53. The summed E-state index contributed by atoms with van der Waals surface area (Å²) in [5, 5.41) is 2.46. The third-order valence-electron chi connectivity index (χ3n) is 7.78. The van der Waals surface area contributed by atoms with Crippen molar-refractivity contribution in [2.75, 3.05) is 40.3 Å². The first-order chi connectivity index (χ1) is 23.5. The van der Waals surface area contributed by atoms with E-state index in [4.69, 9.17) is 18.9 Å². The third-order valence-corrected chi connectivity index (χ3v) is 9.57. The van der Waals surface area contributed by atoms with E-state index in [0.717, 1.165) is 5.56 Å². The second-order valence-corrected chi connectivity index (χ2v) is 15.3. The Kier molecular flexibility index (Phi) is 12.2. The van der Waals surface area contributed by atoms with Crippen molar-refractivity contribution in [3.63, 3.8) is 0 Å². The average molecular weight is 714 g/mol. The molecule has 0 saturated carbocycles. The summed E-state index contributed by atoms with van der Waals surface area (Å²) in [7, 11) is -0.415. The maximum absolute atomic E-state index is 13.9. The standard InChI is InChI=1S/C36H44FN3O9S/c1-25(47-33(42)35(2,3)4)48-34(43)38-31(32(41)46-20-19-39(5)6)22-26-11-10-14-30(21-26)50(44,45)40-23-36(24-40,27-12-8-7-9-13-27)49-29-17-15-28(37)16-18-29/h7-18,21,25,31H,19-20,22-24H2,1-6H3,(H,38,43). The van der Waals surface area contributed by atoms with E-state index in [-0.39, 0.29) is 31.0 Å². The second kappa shape index (κ2) is 16.0. The Morgan fingerprint density at radius 2 is 1.62 bits per heavy atom. The van der Waals surface area contributed by atoms with Crippen LogP contribution in [-0.4, -0.2) is 88.3 Å². The quantitative estimate of drug-likeness (QED) is 0.188. The van der Waals surface area contributed by atoms with E-state index in [9.17, 15) is 27.2 Å². The lowest BCUT2D eigenvalue weighted by Gasteiger charge is -2.48. The zero-order valence-corrected chi connectivity index (χ0v) is 29.9. The molecule has 4 rings (SSSR count). The minimum absolute atomic E-state index is 0.00680. The normalized spacial score (nSPS) is 15.7. The molecule has 1 amide bonds. The van der Waals surface area contributed by atoms with Crippen LogP contribution >= 0.6 is 0 Å². The highest BCUT2D eigenvalue weighted by atomic mass is 32.2. The Labute approximate surface area is 292 Å². The molecule has 2 unspecified atom stereocenters. The van der Waals surface area contributed by atoms with Crippen LogP contribution in [0.5, 0.6) is 5.75 Å². The maximum atomic E-state index is 13.9. The molecule has 0 spiro atoms. The van der Waals surface area contributed by atoms with E-state index in [2.05, 4.69) is 5.32 Å².